The molecular weight excluding hydrogens is 412 g/mol. The molecule has 26 heavy (non-hydrogen) atoms. The molecule has 3 heterocycles. The van der Waals surface area contributed by atoms with Crippen molar-refractivity contribution >= 4 is 50.2 Å². The summed E-state index contributed by atoms with van der Waals surface area (Å²) in [6.07, 6.45) is 1.41. The summed E-state index contributed by atoms with van der Waals surface area (Å²) in [7, 11) is -1.77. The van der Waals surface area contributed by atoms with Crippen LogP contribution in [0.5, 0.6) is 0 Å². The molecule has 1 atom stereocenters. The summed E-state index contributed by atoms with van der Waals surface area (Å²) in [6, 6.07) is 7.18. The zero-order valence-electron chi connectivity index (χ0n) is 14.6. The Morgan fingerprint density at radius 2 is 2.08 bits per heavy atom. The van der Waals surface area contributed by atoms with Gasteiger partial charge in [0.25, 0.3) is 10.0 Å². The standard InChI is InChI=1S/C17H21ClN2O3S3/c1-12-5-8-16(24-12)26(22,23)20-9-3-4-13(10-20)17(21)19(2)11-14-6-7-15(18)25-14/h5-8,13H,3-4,9-11H2,1-2H3/t13-/m1/s1. The average molecular weight is 433 g/mol. The minimum absolute atomic E-state index is 0.0169. The summed E-state index contributed by atoms with van der Waals surface area (Å²) >= 11 is 8.67. The van der Waals surface area contributed by atoms with Gasteiger partial charge in [-0.3, -0.25) is 4.79 Å². The van der Waals surface area contributed by atoms with Crippen LogP contribution in [0.25, 0.3) is 0 Å². The van der Waals surface area contributed by atoms with E-state index in [-0.39, 0.29) is 18.4 Å². The summed E-state index contributed by atoms with van der Waals surface area (Å²) in [6.45, 7) is 3.09. The normalized spacial score (nSPS) is 18.8. The lowest BCUT2D eigenvalue weighted by Crippen LogP contribution is -2.45. The maximum atomic E-state index is 12.8. The predicted octanol–water partition coefficient (Wildman–Crippen LogP) is 3.83. The number of amides is 1. The van der Waals surface area contributed by atoms with E-state index in [0.29, 0.717) is 34.5 Å². The van der Waals surface area contributed by atoms with Gasteiger partial charge in [-0.25, -0.2) is 8.42 Å². The Morgan fingerprint density at radius 3 is 2.69 bits per heavy atom. The fourth-order valence-electron chi connectivity index (χ4n) is 3.10. The largest absolute Gasteiger partial charge is 0.340 e. The average Bonchev–Trinajstić information content (AvgIpc) is 3.23. The summed E-state index contributed by atoms with van der Waals surface area (Å²) in [4.78, 5) is 16.4. The monoisotopic (exact) mass is 432 g/mol. The van der Waals surface area contributed by atoms with Crippen molar-refractivity contribution in [1.29, 1.82) is 0 Å². The van der Waals surface area contributed by atoms with Crippen LogP contribution in [0.1, 0.15) is 22.6 Å². The van der Waals surface area contributed by atoms with E-state index in [2.05, 4.69) is 0 Å². The number of piperidine rings is 1. The zero-order chi connectivity index (χ0) is 18.9. The number of hydrogen-bond donors (Lipinski definition) is 0. The van der Waals surface area contributed by atoms with Crippen molar-refractivity contribution < 1.29 is 13.2 Å². The van der Waals surface area contributed by atoms with E-state index in [4.69, 9.17) is 11.6 Å². The maximum absolute atomic E-state index is 12.8. The van der Waals surface area contributed by atoms with E-state index >= 15 is 0 Å². The Balaban J connectivity index is 1.68. The Morgan fingerprint density at radius 1 is 1.31 bits per heavy atom. The van der Waals surface area contributed by atoms with Crippen molar-refractivity contribution in [2.24, 2.45) is 5.92 Å². The van der Waals surface area contributed by atoms with Gasteiger partial charge in [-0.15, -0.1) is 22.7 Å². The first kappa shape index (κ1) is 19.8. The van der Waals surface area contributed by atoms with Gasteiger partial charge in [-0.05, 0) is 44.0 Å². The fraction of sp³-hybridized carbons (Fsp3) is 0.471. The van der Waals surface area contributed by atoms with Crippen LogP contribution in [0.4, 0.5) is 0 Å². The molecule has 0 aromatic carbocycles. The van der Waals surface area contributed by atoms with Crippen LogP contribution in [-0.4, -0.2) is 43.7 Å². The van der Waals surface area contributed by atoms with Gasteiger partial charge in [0.2, 0.25) is 5.91 Å². The Kier molecular flexibility index (Phi) is 6.08. The highest BCUT2D eigenvalue weighted by Gasteiger charge is 2.35. The van der Waals surface area contributed by atoms with E-state index in [0.717, 1.165) is 9.75 Å². The molecule has 0 aliphatic carbocycles. The molecule has 0 bridgehead atoms. The van der Waals surface area contributed by atoms with E-state index in [1.165, 1.54) is 27.0 Å². The maximum Gasteiger partial charge on any atom is 0.252 e. The molecule has 2 aromatic rings. The number of rotatable bonds is 5. The molecule has 9 heteroatoms. The number of nitrogens with zero attached hydrogens (tertiary/aromatic N) is 2. The molecule has 1 saturated heterocycles. The van der Waals surface area contributed by atoms with Crippen molar-refractivity contribution in [2.45, 2.75) is 30.5 Å². The first-order valence-corrected chi connectivity index (χ1v) is 11.8. The van der Waals surface area contributed by atoms with Crippen LogP contribution < -0.4 is 0 Å². The second-order valence-corrected chi connectivity index (χ2v) is 11.7. The van der Waals surface area contributed by atoms with Crippen LogP contribution in [-0.2, 0) is 21.4 Å². The van der Waals surface area contributed by atoms with Crippen molar-refractivity contribution in [3.05, 3.63) is 38.4 Å². The zero-order valence-corrected chi connectivity index (χ0v) is 17.8. The first-order chi connectivity index (χ1) is 12.3. The number of thiophene rings is 2. The minimum Gasteiger partial charge on any atom is -0.340 e. The number of halogens is 1. The molecule has 1 amide bonds. The molecule has 142 valence electrons. The third-order valence-electron chi connectivity index (χ3n) is 4.44. The molecule has 0 spiro atoms. The van der Waals surface area contributed by atoms with E-state index in [1.54, 1.807) is 18.0 Å². The lowest BCUT2D eigenvalue weighted by atomic mass is 9.98. The van der Waals surface area contributed by atoms with Gasteiger partial charge < -0.3 is 4.90 Å². The molecule has 0 radical (unpaired) electrons. The highest BCUT2D eigenvalue weighted by Crippen LogP contribution is 2.29. The third-order valence-corrected chi connectivity index (χ3v) is 8.99. The molecule has 0 saturated carbocycles. The van der Waals surface area contributed by atoms with Crippen LogP contribution in [0.2, 0.25) is 4.34 Å². The Labute approximate surface area is 167 Å². The molecule has 0 N–H and O–H groups in total. The quantitative estimate of drug-likeness (QED) is 0.721. The van der Waals surface area contributed by atoms with Crippen molar-refractivity contribution in [3.63, 3.8) is 0 Å². The van der Waals surface area contributed by atoms with Crippen molar-refractivity contribution in [2.75, 3.05) is 20.1 Å². The Bertz CT molecular complexity index is 891. The van der Waals surface area contributed by atoms with Crippen LogP contribution in [0.15, 0.2) is 28.5 Å². The van der Waals surface area contributed by atoms with Gasteiger partial charge in [0.1, 0.15) is 4.21 Å². The first-order valence-electron chi connectivity index (χ1n) is 8.33. The third kappa shape index (κ3) is 4.31. The molecule has 1 fully saturated rings. The predicted molar refractivity (Wildman–Crippen MR) is 106 cm³/mol. The molecule has 1 aliphatic heterocycles. The summed E-state index contributed by atoms with van der Waals surface area (Å²) < 4.78 is 28.2. The SMILES string of the molecule is Cc1ccc(S(=O)(=O)N2CCC[C@@H](C(=O)N(C)Cc3ccc(Cl)s3)C2)s1. The lowest BCUT2D eigenvalue weighted by molar-refractivity contribution is -0.135. The summed E-state index contributed by atoms with van der Waals surface area (Å²) in [5.74, 6) is -0.322. The molecule has 5 nitrogen and oxygen atoms in total. The highest BCUT2D eigenvalue weighted by molar-refractivity contribution is 7.91. The number of carbonyl (C=O) groups excluding carboxylic acids is 1. The van der Waals surface area contributed by atoms with Gasteiger partial charge in [-0.1, -0.05) is 11.6 Å². The lowest BCUT2D eigenvalue weighted by Gasteiger charge is -2.32. The second kappa shape index (κ2) is 7.98. The Hall–Kier alpha value is -0.930. The van der Waals surface area contributed by atoms with Crippen LogP contribution in [0.3, 0.4) is 0 Å². The molecule has 1 aliphatic rings. The molecular formula is C17H21ClN2O3S3. The summed E-state index contributed by atoms with van der Waals surface area (Å²) in [5.41, 5.74) is 0. The van der Waals surface area contributed by atoms with Gasteiger partial charge in [-0.2, -0.15) is 4.31 Å². The van der Waals surface area contributed by atoms with Gasteiger partial charge in [0, 0.05) is 29.9 Å². The topological polar surface area (TPSA) is 57.7 Å². The van der Waals surface area contributed by atoms with Crippen molar-refractivity contribution in [1.82, 2.24) is 9.21 Å². The van der Waals surface area contributed by atoms with Gasteiger partial charge in [0.15, 0.2) is 0 Å². The van der Waals surface area contributed by atoms with E-state index in [9.17, 15) is 13.2 Å². The van der Waals surface area contributed by atoms with Gasteiger partial charge >= 0.3 is 0 Å². The smallest absolute Gasteiger partial charge is 0.252 e. The molecule has 3 rings (SSSR count). The second-order valence-electron chi connectivity index (χ2n) is 6.47. The fourth-order valence-corrected chi connectivity index (χ4v) is 7.20. The number of carbonyl (C=O) groups is 1. The van der Waals surface area contributed by atoms with Crippen LogP contribution >= 0.6 is 34.3 Å². The molecule has 2 aromatic heterocycles. The molecule has 0 unspecified atom stereocenters. The van der Waals surface area contributed by atoms with Crippen LogP contribution in [0, 0.1) is 12.8 Å². The van der Waals surface area contributed by atoms with Crippen molar-refractivity contribution in [3.8, 4) is 0 Å². The van der Waals surface area contributed by atoms with E-state index in [1.807, 2.05) is 25.1 Å². The van der Waals surface area contributed by atoms with Gasteiger partial charge in [0.05, 0.1) is 16.8 Å². The van der Waals surface area contributed by atoms with E-state index < -0.39 is 10.0 Å². The summed E-state index contributed by atoms with van der Waals surface area (Å²) in [5, 5.41) is 0. The number of aryl methyl sites for hydroxylation is 1. The minimum atomic E-state index is -3.52. The highest BCUT2D eigenvalue weighted by atomic mass is 35.5. The number of hydrogen-bond acceptors (Lipinski definition) is 5. The number of sulfonamides is 1.